The van der Waals surface area contributed by atoms with E-state index in [-0.39, 0.29) is 17.4 Å². The van der Waals surface area contributed by atoms with Gasteiger partial charge in [0.1, 0.15) is 5.69 Å². The van der Waals surface area contributed by atoms with Gasteiger partial charge in [0, 0.05) is 20.0 Å². The van der Waals surface area contributed by atoms with E-state index in [2.05, 4.69) is 15.4 Å². The minimum absolute atomic E-state index is 0.199. The lowest BCUT2D eigenvalue weighted by molar-refractivity contribution is -0.114. The summed E-state index contributed by atoms with van der Waals surface area (Å²) in [5.41, 5.74) is 2.43. The van der Waals surface area contributed by atoms with Gasteiger partial charge in [-0.25, -0.2) is 9.67 Å². The maximum Gasteiger partial charge on any atom is 0.221 e. The molecule has 6 nitrogen and oxygen atoms in total. The summed E-state index contributed by atoms with van der Waals surface area (Å²) in [4.78, 5) is 26.8. The molecule has 2 rings (SSSR count). The standard InChI is InChI=1S/C14H16N4O2/c1-4-11-6-16-18(8-11)12-5-13(17-10(3)20)14(9(2)19)15-7-12/h5-8H,4H2,1-3H3,(H,17,20). The zero-order valence-corrected chi connectivity index (χ0v) is 11.7. The number of nitrogens with one attached hydrogen (secondary N) is 1. The number of carbonyl (C=O) groups excluding carboxylic acids is 2. The van der Waals surface area contributed by atoms with Crippen LogP contribution in [0, 0.1) is 0 Å². The van der Waals surface area contributed by atoms with Crippen LogP contribution in [0.5, 0.6) is 0 Å². The van der Waals surface area contributed by atoms with Crippen molar-refractivity contribution >= 4 is 17.4 Å². The van der Waals surface area contributed by atoms with E-state index in [1.54, 1.807) is 23.1 Å². The van der Waals surface area contributed by atoms with E-state index in [1.165, 1.54) is 13.8 Å². The highest BCUT2D eigenvalue weighted by atomic mass is 16.1. The van der Waals surface area contributed by atoms with E-state index in [0.717, 1.165) is 12.0 Å². The first kappa shape index (κ1) is 13.9. The number of hydrogen-bond donors (Lipinski definition) is 1. The van der Waals surface area contributed by atoms with Crippen molar-refractivity contribution in [3.63, 3.8) is 0 Å². The van der Waals surface area contributed by atoms with Gasteiger partial charge in [0.2, 0.25) is 5.91 Å². The van der Waals surface area contributed by atoms with E-state index >= 15 is 0 Å². The van der Waals surface area contributed by atoms with E-state index in [0.29, 0.717) is 11.4 Å². The zero-order valence-electron chi connectivity index (χ0n) is 11.7. The van der Waals surface area contributed by atoms with Crippen LogP contribution in [0.25, 0.3) is 5.69 Å². The largest absolute Gasteiger partial charge is 0.324 e. The first-order chi connectivity index (χ1) is 9.51. The first-order valence-electron chi connectivity index (χ1n) is 6.33. The van der Waals surface area contributed by atoms with Gasteiger partial charge < -0.3 is 5.32 Å². The Kier molecular flexibility index (Phi) is 3.93. The van der Waals surface area contributed by atoms with Gasteiger partial charge in [0.05, 0.1) is 23.8 Å². The Balaban J connectivity index is 2.45. The third-order valence-electron chi connectivity index (χ3n) is 2.83. The fourth-order valence-electron chi connectivity index (χ4n) is 1.83. The maximum absolute atomic E-state index is 11.5. The average molecular weight is 272 g/mol. The third-order valence-corrected chi connectivity index (χ3v) is 2.83. The van der Waals surface area contributed by atoms with E-state index < -0.39 is 0 Å². The van der Waals surface area contributed by atoms with Crippen LogP contribution in [-0.4, -0.2) is 26.5 Å². The van der Waals surface area contributed by atoms with Crippen LogP contribution >= 0.6 is 0 Å². The summed E-state index contributed by atoms with van der Waals surface area (Å²) in [6.45, 7) is 4.84. The van der Waals surface area contributed by atoms with Crippen molar-refractivity contribution in [2.45, 2.75) is 27.2 Å². The molecule has 20 heavy (non-hydrogen) atoms. The Hall–Kier alpha value is -2.50. The molecule has 0 saturated heterocycles. The summed E-state index contributed by atoms with van der Waals surface area (Å²) in [6, 6.07) is 1.69. The molecule has 1 N–H and O–H groups in total. The van der Waals surface area contributed by atoms with Gasteiger partial charge in [-0.2, -0.15) is 5.10 Å². The highest BCUT2D eigenvalue weighted by Gasteiger charge is 2.12. The lowest BCUT2D eigenvalue weighted by Gasteiger charge is -2.09. The van der Waals surface area contributed by atoms with Crippen molar-refractivity contribution in [2.75, 3.05) is 5.32 Å². The number of aromatic nitrogens is 3. The van der Waals surface area contributed by atoms with Gasteiger partial charge in [-0.15, -0.1) is 0 Å². The van der Waals surface area contributed by atoms with Crippen molar-refractivity contribution in [1.29, 1.82) is 0 Å². The zero-order chi connectivity index (χ0) is 14.7. The van der Waals surface area contributed by atoms with Crippen LogP contribution in [-0.2, 0) is 11.2 Å². The lowest BCUT2D eigenvalue weighted by Crippen LogP contribution is -2.12. The smallest absolute Gasteiger partial charge is 0.221 e. The quantitative estimate of drug-likeness (QED) is 0.863. The molecule has 0 aliphatic carbocycles. The SMILES string of the molecule is CCc1cnn(-c2cnc(C(C)=O)c(NC(C)=O)c2)c1. The highest BCUT2D eigenvalue weighted by Crippen LogP contribution is 2.18. The minimum Gasteiger partial charge on any atom is -0.324 e. The molecule has 2 heterocycles. The second-order valence-corrected chi connectivity index (χ2v) is 4.47. The molecule has 0 aliphatic heterocycles. The van der Waals surface area contributed by atoms with Crippen molar-refractivity contribution in [1.82, 2.24) is 14.8 Å². The molecule has 0 aliphatic rings. The van der Waals surface area contributed by atoms with Crippen LogP contribution in [0.4, 0.5) is 5.69 Å². The molecule has 0 saturated carbocycles. The predicted octanol–water partition coefficient (Wildman–Crippen LogP) is 1.99. The van der Waals surface area contributed by atoms with E-state index in [4.69, 9.17) is 0 Å². The molecule has 2 aromatic rings. The van der Waals surface area contributed by atoms with Crippen LogP contribution in [0.3, 0.4) is 0 Å². The number of Topliss-reactive ketones (excluding diaryl/α,β-unsaturated/α-hetero) is 1. The number of amides is 1. The summed E-state index contributed by atoms with van der Waals surface area (Å²) >= 11 is 0. The summed E-state index contributed by atoms with van der Waals surface area (Å²) in [7, 11) is 0. The number of ketones is 1. The molecule has 0 fully saturated rings. The second-order valence-electron chi connectivity index (χ2n) is 4.47. The molecule has 104 valence electrons. The maximum atomic E-state index is 11.5. The number of anilines is 1. The van der Waals surface area contributed by atoms with Crippen LogP contribution in [0.2, 0.25) is 0 Å². The van der Waals surface area contributed by atoms with Crippen molar-refractivity contribution in [2.24, 2.45) is 0 Å². The molecule has 2 aromatic heterocycles. The Morgan fingerprint density at radius 3 is 2.60 bits per heavy atom. The number of hydrogen-bond acceptors (Lipinski definition) is 4. The summed E-state index contributed by atoms with van der Waals surface area (Å²) in [6.07, 6.45) is 6.12. The molecule has 0 atom stereocenters. The van der Waals surface area contributed by atoms with E-state index in [1.807, 2.05) is 13.1 Å². The number of carbonyl (C=O) groups is 2. The summed E-state index contributed by atoms with van der Waals surface area (Å²) in [5.74, 6) is -0.448. The third kappa shape index (κ3) is 2.90. The van der Waals surface area contributed by atoms with Gasteiger partial charge in [0.25, 0.3) is 0 Å². The second kappa shape index (κ2) is 5.64. The highest BCUT2D eigenvalue weighted by molar-refractivity contribution is 6.01. The van der Waals surface area contributed by atoms with Gasteiger partial charge in [-0.3, -0.25) is 9.59 Å². The number of rotatable bonds is 4. The van der Waals surface area contributed by atoms with Gasteiger partial charge in [-0.05, 0) is 18.1 Å². The topological polar surface area (TPSA) is 76.9 Å². The summed E-state index contributed by atoms with van der Waals surface area (Å²) < 4.78 is 1.67. The molecular weight excluding hydrogens is 256 g/mol. The summed E-state index contributed by atoms with van der Waals surface area (Å²) in [5, 5.41) is 6.85. The Bertz CT molecular complexity index is 661. The van der Waals surface area contributed by atoms with Crippen LogP contribution in [0.15, 0.2) is 24.7 Å². The predicted molar refractivity (Wildman–Crippen MR) is 75.0 cm³/mol. The van der Waals surface area contributed by atoms with E-state index in [9.17, 15) is 9.59 Å². The fraction of sp³-hybridized carbons (Fsp3) is 0.286. The number of nitrogens with zero attached hydrogens (tertiary/aromatic N) is 3. The first-order valence-corrected chi connectivity index (χ1v) is 6.33. The lowest BCUT2D eigenvalue weighted by atomic mass is 10.2. The van der Waals surface area contributed by atoms with Crippen molar-refractivity contribution < 1.29 is 9.59 Å². The minimum atomic E-state index is -0.249. The molecule has 0 unspecified atom stereocenters. The van der Waals surface area contributed by atoms with Gasteiger partial charge in [0.15, 0.2) is 5.78 Å². The number of aryl methyl sites for hydroxylation is 1. The molecule has 0 radical (unpaired) electrons. The molecule has 1 amide bonds. The molecule has 6 heteroatoms. The monoisotopic (exact) mass is 272 g/mol. The Morgan fingerprint density at radius 2 is 2.05 bits per heavy atom. The number of pyridine rings is 1. The molecule has 0 aromatic carbocycles. The average Bonchev–Trinajstić information content (AvgIpc) is 2.86. The molecular formula is C14H16N4O2. The van der Waals surface area contributed by atoms with Crippen LogP contribution in [0.1, 0.15) is 36.8 Å². The molecule has 0 bridgehead atoms. The molecule has 0 spiro atoms. The van der Waals surface area contributed by atoms with Crippen molar-refractivity contribution in [3.8, 4) is 5.69 Å². The van der Waals surface area contributed by atoms with Gasteiger partial charge in [-0.1, -0.05) is 6.92 Å². The van der Waals surface area contributed by atoms with Crippen molar-refractivity contribution in [3.05, 3.63) is 35.9 Å². The Labute approximate surface area is 116 Å². The normalized spacial score (nSPS) is 10.3. The fourth-order valence-corrected chi connectivity index (χ4v) is 1.83. The van der Waals surface area contributed by atoms with Gasteiger partial charge >= 0.3 is 0 Å². The van der Waals surface area contributed by atoms with Crippen LogP contribution < -0.4 is 5.32 Å². The Morgan fingerprint density at radius 1 is 1.30 bits per heavy atom.